The number of carbonyl (C=O) groups is 1. The third-order valence-electron chi connectivity index (χ3n) is 2.79. The maximum absolute atomic E-state index is 12.4. The Balaban J connectivity index is 2.34. The minimum Gasteiger partial charge on any atom is -0.460 e. The molecular formula is C12H20F3NO2. The second-order valence-electron chi connectivity index (χ2n) is 5.74. The van der Waals surface area contributed by atoms with E-state index in [9.17, 15) is 18.0 Å². The van der Waals surface area contributed by atoms with Crippen LogP contribution in [-0.2, 0) is 9.53 Å². The molecule has 1 aliphatic heterocycles. The van der Waals surface area contributed by atoms with E-state index in [1.807, 2.05) is 0 Å². The van der Waals surface area contributed by atoms with Gasteiger partial charge in [-0.1, -0.05) is 0 Å². The van der Waals surface area contributed by atoms with E-state index in [2.05, 4.69) is 5.32 Å². The van der Waals surface area contributed by atoms with Gasteiger partial charge < -0.3 is 10.1 Å². The number of halogens is 3. The van der Waals surface area contributed by atoms with E-state index in [0.29, 0.717) is 6.42 Å². The lowest BCUT2D eigenvalue weighted by molar-refractivity contribution is -0.164. The molecule has 18 heavy (non-hydrogen) atoms. The highest BCUT2D eigenvalue weighted by atomic mass is 19.4. The van der Waals surface area contributed by atoms with E-state index in [1.54, 1.807) is 20.8 Å². The second-order valence-corrected chi connectivity index (χ2v) is 5.74. The summed E-state index contributed by atoms with van der Waals surface area (Å²) in [4.78, 5) is 11.5. The molecule has 0 bridgehead atoms. The molecule has 0 radical (unpaired) electrons. The fourth-order valence-electron chi connectivity index (χ4n) is 1.99. The van der Waals surface area contributed by atoms with E-state index < -0.39 is 17.8 Å². The Morgan fingerprint density at radius 3 is 2.28 bits per heavy atom. The summed E-state index contributed by atoms with van der Waals surface area (Å²) >= 11 is 0. The molecule has 1 N–H and O–H groups in total. The van der Waals surface area contributed by atoms with Gasteiger partial charge in [0.25, 0.3) is 0 Å². The number of rotatable bonds is 2. The van der Waals surface area contributed by atoms with Gasteiger partial charge in [0.1, 0.15) is 11.6 Å². The first-order valence-electron chi connectivity index (χ1n) is 6.10. The van der Waals surface area contributed by atoms with Gasteiger partial charge >= 0.3 is 12.1 Å². The van der Waals surface area contributed by atoms with E-state index in [-0.39, 0.29) is 31.3 Å². The van der Waals surface area contributed by atoms with Crippen molar-refractivity contribution >= 4 is 5.97 Å². The van der Waals surface area contributed by atoms with E-state index >= 15 is 0 Å². The SMILES string of the molecule is CC(C)(C)OC(=O)C[C@H]1CC[C@H](C(F)(F)F)NC1. The summed E-state index contributed by atoms with van der Waals surface area (Å²) in [5.41, 5.74) is -0.548. The zero-order valence-electron chi connectivity index (χ0n) is 10.9. The normalized spacial score (nSPS) is 25.9. The first-order chi connectivity index (χ1) is 8.08. The van der Waals surface area contributed by atoms with Crippen molar-refractivity contribution in [2.75, 3.05) is 6.54 Å². The predicted octanol–water partition coefficient (Wildman–Crippen LogP) is 2.65. The van der Waals surface area contributed by atoms with Gasteiger partial charge in [0.05, 0.1) is 0 Å². The van der Waals surface area contributed by atoms with Crippen LogP contribution in [0.3, 0.4) is 0 Å². The van der Waals surface area contributed by atoms with Crippen molar-refractivity contribution in [3.05, 3.63) is 0 Å². The number of esters is 1. The Kier molecular flexibility index (Phi) is 4.64. The number of alkyl halides is 3. The molecule has 0 aromatic heterocycles. The molecular weight excluding hydrogens is 247 g/mol. The Morgan fingerprint density at radius 1 is 1.28 bits per heavy atom. The zero-order chi connectivity index (χ0) is 14.0. The molecule has 1 rings (SSSR count). The monoisotopic (exact) mass is 267 g/mol. The van der Waals surface area contributed by atoms with Crippen LogP contribution < -0.4 is 5.32 Å². The van der Waals surface area contributed by atoms with Gasteiger partial charge in [0.15, 0.2) is 0 Å². The van der Waals surface area contributed by atoms with Gasteiger partial charge in [-0.3, -0.25) is 4.79 Å². The molecule has 0 aromatic rings. The minimum absolute atomic E-state index is 0.0248. The van der Waals surface area contributed by atoms with Crippen LogP contribution in [0, 0.1) is 5.92 Å². The van der Waals surface area contributed by atoms with Gasteiger partial charge in [-0.15, -0.1) is 0 Å². The molecule has 1 aliphatic rings. The van der Waals surface area contributed by atoms with Crippen molar-refractivity contribution in [2.24, 2.45) is 5.92 Å². The van der Waals surface area contributed by atoms with E-state index in [4.69, 9.17) is 4.74 Å². The standard InChI is InChI=1S/C12H20F3NO2/c1-11(2,3)18-10(17)6-8-4-5-9(16-7-8)12(13,14)15/h8-9,16H,4-7H2,1-3H3/t8-,9-/m1/s1. The lowest BCUT2D eigenvalue weighted by Gasteiger charge is -2.31. The first kappa shape index (κ1) is 15.3. The van der Waals surface area contributed by atoms with Gasteiger partial charge in [-0.25, -0.2) is 0 Å². The molecule has 6 heteroatoms. The van der Waals surface area contributed by atoms with Gasteiger partial charge in [-0.05, 0) is 46.1 Å². The van der Waals surface area contributed by atoms with Crippen LogP contribution in [-0.4, -0.2) is 30.3 Å². The minimum atomic E-state index is -4.20. The quantitative estimate of drug-likeness (QED) is 0.782. The van der Waals surface area contributed by atoms with Crippen LogP contribution in [0.5, 0.6) is 0 Å². The molecule has 1 heterocycles. The molecule has 3 nitrogen and oxygen atoms in total. The molecule has 0 saturated carbocycles. The lowest BCUT2D eigenvalue weighted by Crippen LogP contribution is -2.48. The smallest absolute Gasteiger partial charge is 0.403 e. The Labute approximate surface area is 105 Å². The summed E-state index contributed by atoms with van der Waals surface area (Å²) < 4.78 is 42.3. The van der Waals surface area contributed by atoms with Crippen molar-refractivity contribution in [1.82, 2.24) is 5.32 Å². The van der Waals surface area contributed by atoms with Crippen LogP contribution in [0.1, 0.15) is 40.0 Å². The Hall–Kier alpha value is -0.780. The number of nitrogens with one attached hydrogen (secondary N) is 1. The van der Waals surface area contributed by atoms with Crippen LogP contribution in [0.4, 0.5) is 13.2 Å². The van der Waals surface area contributed by atoms with Crippen molar-refractivity contribution in [3.63, 3.8) is 0 Å². The zero-order valence-corrected chi connectivity index (χ0v) is 10.9. The Morgan fingerprint density at radius 2 is 1.89 bits per heavy atom. The van der Waals surface area contributed by atoms with Crippen molar-refractivity contribution < 1.29 is 22.7 Å². The molecule has 0 unspecified atom stereocenters. The van der Waals surface area contributed by atoms with Crippen molar-refractivity contribution in [2.45, 2.75) is 57.9 Å². The highest BCUT2D eigenvalue weighted by Gasteiger charge is 2.41. The molecule has 2 atom stereocenters. The fourth-order valence-corrected chi connectivity index (χ4v) is 1.99. The number of hydrogen-bond acceptors (Lipinski definition) is 3. The van der Waals surface area contributed by atoms with Gasteiger partial charge in [-0.2, -0.15) is 13.2 Å². The van der Waals surface area contributed by atoms with Crippen LogP contribution in [0.2, 0.25) is 0 Å². The van der Waals surface area contributed by atoms with Gasteiger partial charge in [0.2, 0.25) is 0 Å². The van der Waals surface area contributed by atoms with E-state index in [1.165, 1.54) is 0 Å². The lowest BCUT2D eigenvalue weighted by atomic mass is 9.92. The number of hydrogen-bond donors (Lipinski definition) is 1. The molecule has 1 saturated heterocycles. The summed E-state index contributed by atoms with van der Waals surface area (Å²) in [7, 11) is 0. The van der Waals surface area contributed by atoms with Gasteiger partial charge in [0, 0.05) is 6.42 Å². The third kappa shape index (κ3) is 5.25. The average molecular weight is 267 g/mol. The second kappa shape index (κ2) is 5.47. The summed E-state index contributed by atoms with van der Waals surface area (Å²) in [6, 6.07) is -1.44. The number of piperidine rings is 1. The molecule has 1 fully saturated rings. The maximum Gasteiger partial charge on any atom is 0.403 e. The first-order valence-corrected chi connectivity index (χ1v) is 6.10. The van der Waals surface area contributed by atoms with Crippen LogP contribution in [0.25, 0.3) is 0 Å². The molecule has 0 aromatic carbocycles. The number of carbonyl (C=O) groups excluding carboxylic acids is 1. The fraction of sp³-hybridized carbons (Fsp3) is 0.917. The van der Waals surface area contributed by atoms with Crippen molar-refractivity contribution in [1.29, 1.82) is 0 Å². The van der Waals surface area contributed by atoms with E-state index in [0.717, 1.165) is 0 Å². The molecule has 0 spiro atoms. The molecule has 0 amide bonds. The summed E-state index contributed by atoms with van der Waals surface area (Å²) in [5.74, 6) is -0.418. The summed E-state index contributed by atoms with van der Waals surface area (Å²) in [5, 5.41) is 2.44. The average Bonchev–Trinajstić information content (AvgIpc) is 2.13. The molecule has 0 aliphatic carbocycles. The largest absolute Gasteiger partial charge is 0.460 e. The van der Waals surface area contributed by atoms with Crippen LogP contribution in [0.15, 0.2) is 0 Å². The summed E-state index contributed by atoms with van der Waals surface area (Å²) in [6.45, 7) is 5.51. The maximum atomic E-state index is 12.4. The van der Waals surface area contributed by atoms with Crippen molar-refractivity contribution in [3.8, 4) is 0 Å². The highest BCUT2D eigenvalue weighted by molar-refractivity contribution is 5.70. The highest BCUT2D eigenvalue weighted by Crippen LogP contribution is 2.29. The van der Waals surface area contributed by atoms with Crippen LogP contribution >= 0.6 is 0 Å². The third-order valence-corrected chi connectivity index (χ3v) is 2.79. The molecule has 106 valence electrons. The summed E-state index contributed by atoms with van der Waals surface area (Å²) in [6.07, 6.45) is -3.60. The predicted molar refractivity (Wildman–Crippen MR) is 61.0 cm³/mol. The number of ether oxygens (including phenoxy) is 1. The topological polar surface area (TPSA) is 38.3 Å². The Bertz CT molecular complexity index is 289.